The Balaban J connectivity index is 1.50. The minimum Gasteiger partial charge on any atom is -0.326 e. The Morgan fingerprint density at radius 2 is 1.83 bits per heavy atom. The zero-order valence-corrected chi connectivity index (χ0v) is 16.0. The topological polar surface area (TPSA) is 125 Å². The number of hydrogen-bond acceptors (Lipinski definition) is 5. The number of imidazole rings is 1. The number of rotatable bonds is 7. The molecule has 4 aromatic rings. The summed E-state index contributed by atoms with van der Waals surface area (Å²) < 4.78 is 2.08. The van der Waals surface area contributed by atoms with E-state index in [1.54, 1.807) is 6.07 Å². The highest BCUT2D eigenvalue weighted by Crippen LogP contribution is 2.25. The Labute approximate surface area is 171 Å². The van der Waals surface area contributed by atoms with Crippen LogP contribution >= 0.6 is 0 Å². The SMILES string of the molecule is O=C(CCC(=O)Nc1cc(-c2ccc3ncn(Cc4ccccc4)c3c2)[nH]n1)NO. The Bertz CT molecular complexity index is 1180. The van der Waals surface area contributed by atoms with Crippen LogP contribution in [0, 0.1) is 0 Å². The summed E-state index contributed by atoms with van der Waals surface area (Å²) in [4.78, 5) is 27.4. The number of nitrogens with zero attached hydrogens (tertiary/aromatic N) is 3. The van der Waals surface area contributed by atoms with Crippen molar-refractivity contribution < 1.29 is 14.8 Å². The number of aromatic amines is 1. The number of benzene rings is 2. The number of carbonyl (C=O) groups is 2. The lowest BCUT2D eigenvalue weighted by molar-refractivity contribution is -0.131. The van der Waals surface area contributed by atoms with Crippen LogP contribution in [0.2, 0.25) is 0 Å². The van der Waals surface area contributed by atoms with Gasteiger partial charge in [0.05, 0.1) is 23.1 Å². The van der Waals surface area contributed by atoms with Crippen molar-refractivity contribution in [1.29, 1.82) is 0 Å². The number of amides is 2. The molecule has 9 heteroatoms. The van der Waals surface area contributed by atoms with Gasteiger partial charge in [0.2, 0.25) is 11.8 Å². The van der Waals surface area contributed by atoms with E-state index < -0.39 is 5.91 Å². The van der Waals surface area contributed by atoms with Gasteiger partial charge in [-0.05, 0) is 17.7 Å². The van der Waals surface area contributed by atoms with Gasteiger partial charge in [0, 0.05) is 31.0 Å². The summed E-state index contributed by atoms with van der Waals surface area (Å²) in [6, 6.07) is 17.8. The molecule has 0 saturated carbocycles. The van der Waals surface area contributed by atoms with Crippen LogP contribution in [-0.2, 0) is 16.1 Å². The number of aromatic nitrogens is 4. The molecule has 0 aliphatic heterocycles. The molecule has 0 aliphatic rings. The normalized spacial score (nSPS) is 10.8. The highest BCUT2D eigenvalue weighted by atomic mass is 16.5. The molecule has 2 aromatic carbocycles. The molecule has 4 rings (SSSR count). The number of hydrogen-bond donors (Lipinski definition) is 4. The first-order valence-electron chi connectivity index (χ1n) is 9.40. The van der Waals surface area contributed by atoms with Gasteiger partial charge in [0.1, 0.15) is 0 Å². The van der Waals surface area contributed by atoms with Gasteiger partial charge < -0.3 is 9.88 Å². The minimum atomic E-state index is -0.617. The van der Waals surface area contributed by atoms with Crippen LogP contribution in [0.15, 0.2) is 60.9 Å². The summed E-state index contributed by atoms with van der Waals surface area (Å²) in [6.07, 6.45) is 1.66. The molecule has 2 amide bonds. The smallest absolute Gasteiger partial charge is 0.243 e. The Morgan fingerprint density at radius 1 is 1.03 bits per heavy atom. The molecule has 0 fully saturated rings. The summed E-state index contributed by atoms with van der Waals surface area (Å²) in [7, 11) is 0. The quantitative estimate of drug-likeness (QED) is 0.278. The Kier molecular flexibility index (Phi) is 5.53. The fourth-order valence-electron chi connectivity index (χ4n) is 3.15. The van der Waals surface area contributed by atoms with Crippen molar-refractivity contribution in [3.63, 3.8) is 0 Å². The van der Waals surface area contributed by atoms with E-state index in [1.165, 1.54) is 11.0 Å². The van der Waals surface area contributed by atoms with Crippen molar-refractivity contribution in [2.24, 2.45) is 0 Å². The molecule has 2 heterocycles. The number of H-pyrrole nitrogens is 1. The van der Waals surface area contributed by atoms with Crippen LogP contribution in [0.4, 0.5) is 5.82 Å². The maximum Gasteiger partial charge on any atom is 0.243 e. The molecular weight excluding hydrogens is 384 g/mol. The first-order valence-corrected chi connectivity index (χ1v) is 9.40. The lowest BCUT2D eigenvalue weighted by Crippen LogP contribution is -2.21. The molecule has 0 aliphatic carbocycles. The van der Waals surface area contributed by atoms with Crippen LogP contribution in [0.5, 0.6) is 0 Å². The van der Waals surface area contributed by atoms with Gasteiger partial charge >= 0.3 is 0 Å². The number of anilines is 1. The molecular formula is C21H20N6O3. The summed E-state index contributed by atoms with van der Waals surface area (Å²) in [6.45, 7) is 0.715. The van der Waals surface area contributed by atoms with E-state index in [4.69, 9.17) is 5.21 Å². The number of fused-ring (bicyclic) bond motifs is 1. The van der Waals surface area contributed by atoms with Crippen molar-refractivity contribution in [3.8, 4) is 11.3 Å². The summed E-state index contributed by atoms with van der Waals surface area (Å²) in [5.41, 5.74) is 6.21. The van der Waals surface area contributed by atoms with Crippen molar-refractivity contribution in [2.75, 3.05) is 5.32 Å². The van der Waals surface area contributed by atoms with Crippen molar-refractivity contribution in [2.45, 2.75) is 19.4 Å². The lowest BCUT2D eigenvalue weighted by Gasteiger charge is -2.05. The third kappa shape index (κ3) is 4.36. The van der Waals surface area contributed by atoms with E-state index in [9.17, 15) is 9.59 Å². The van der Waals surface area contributed by atoms with E-state index in [0.717, 1.165) is 22.3 Å². The van der Waals surface area contributed by atoms with E-state index in [-0.39, 0.29) is 18.7 Å². The molecule has 0 radical (unpaired) electrons. The van der Waals surface area contributed by atoms with Gasteiger partial charge in [-0.15, -0.1) is 0 Å². The second-order valence-electron chi connectivity index (χ2n) is 6.81. The van der Waals surface area contributed by atoms with Crippen molar-refractivity contribution in [3.05, 3.63) is 66.5 Å². The number of hydroxylamine groups is 1. The fourth-order valence-corrected chi connectivity index (χ4v) is 3.15. The second kappa shape index (κ2) is 8.58. The average molecular weight is 404 g/mol. The summed E-state index contributed by atoms with van der Waals surface area (Å²) in [5.74, 6) is -0.626. The second-order valence-corrected chi connectivity index (χ2v) is 6.81. The standard InChI is InChI=1S/C21H20N6O3/c28-20(8-9-21(29)26-30)23-19-11-17(24-25-19)15-6-7-16-18(10-15)27(13-22-16)12-14-4-2-1-3-5-14/h1-7,10-11,13,30H,8-9,12H2,(H,26,29)(H2,23,24,25,28). The largest absolute Gasteiger partial charge is 0.326 e. The molecule has 0 spiro atoms. The maximum atomic E-state index is 11.9. The first kappa shape index (κ1) is 19.3. The average Bonchev–Trinajstić information content (AvgIpc) is 3.39. The van der Waals surface area contributed by atoms with Crippen LogP contribution in [0.1, 0.15) is 18.4 Å². The van der Waals surface area contributed by atoms with Gasteiger partial charge in [-0.3, -0.25) is 19.9 Å². The van der Waals surface area contributed by atoms with Gasteiger partial charge in [0.25, 0.3) is 0 Å². The monoisotopic (exact) mass is 404 g/mol. The lowest BCUT2D eigenvalue weighted by atomic mass is 10.1. The number of nitrogens with one attached hydrogen (secondary N) is 3. The molecule has 9 nitrogen and oxygen atoms in total. The van der Waals surface area contributed by atoms with Gasteiger partial charge in [-0.1, -0.05) is 36.4 Å². The van der Waals surface area contributed by atoms with Crippen molar-refractivity contribution >= 4 is 28.7 Å². The van der Waals surface area contributed by atoms with E-state index >= 15 is 0 Å². The predicted molar refractivity (Wildman–Crippen MR) is 111 cm³/mol. The molecule has 2 aromatic heterocycles. The molecule has 4 N–H and O–H groups in total. The zero-order valence-electron chi connectivity index (χ0n) is 16.0. The third-order valence-corrected chi connectivity index (χ3v) is 4.68. The van der Waals surface area contributed by atoms with Crippen molar-refractivity contribution in [1.82, 2.24) is 25.2 Å². The van der Waals surface area contributed by atoms with Gasteiger partial charge in [-0.25, -0.2) is 10.5 Å². The fraction of sp³-hybridized carbons (Fsp3) is 0.143. The maximum absolute atomic E-state index is 11.9. The predicted octanol–water partition coefficient (Wildman–Crippen LogP) is 2.70. The number of carbonyl (C=O) groups excluding carboxylic acids is 2. The molecule has 0 bridgehead atoms. The molecule has 0 saturated heterocycles. The highest BCUT2D eigenvalue weighted by Gasteiger charge is 2.11. The molecule has 152 valence electrons. The summed E-state index contributed by atoms with van der Waals surface area (Å²) >= 11 is 0. The van der Waals surface area contributed by atoms with Crippen LogP contribution in [0.25, 0.3) is 22.3 Å². The molecule has 30 heavy (non-hydrogen) atoms. The first-order chi connectivity index (χ1) is 14.6. The highest BCUT2D eigenvalue weighted by molar-refractivity contribution is 5.93. The van der Waals surface area contributed by atoms with Gasteiger partial charge in [-0.2, -0.15) is 5.10 Å². The minimum absolute atomic E-state index is 0.0563. The summed E-state index contributed by atoms with van der Waals surface area (Å²) in [5, 5.41) is 18.1. The molecule has 0 unspecified atom stereocenters. The Morgan fingerprint density at radius 3 is 2.63 bits per heavy atom. The van der Waals surface area contributed by atoms with E-state index in [0.29, 0.717) is 12.4 Å². The Hall–Kier alpha value is -3.98. The zero-order chi connectivity index (χ0) is 20.9. The third-order valence-electron chi connectivity index (χ3n) is 4.68. The van der Waals surface area contributed by atoms with E-state index in [1.807, 2.05) is 42.7 Å². The van der Waals surface area contributed by atoms with Gasteiger partial charge in [0.15, 0.2) is 5.82 Å². The van der Waals surface area contributed by atoms with Crippen LogP contribution < -0.4 is 10.8 Å². The van der Waals surface area contributed by atoms with E-state index in [2.05, 4.69) is 37.2 Å². The molecule has 0 atom stereocenters. The van der Waals surface area contributed by atoms with Crippen LogP contribution in [0.3, 0.4) is 0 Å². The van der Waals surface area contributed by atoms with Crippen LogP contribution in [-0.4, -0.2) is 36.8 Å².